The molecule has 1 atom stereocenters. The van der Waals surface area contributed by atoms with Crippen molar-refractivity contribution in [1.29, 1.82) is 0 Å². The van der Waals surface area contributed by atoms with Crippen LogP contribution < -0.4 is 11.5 Å². The van der Waals surface area contributed by atoms with E-state index in [9.17, 15) is 4.39 Å². The Morgan fingerprint density at radius 2 is 1.97 bits per heavy atom. The molecule has 0 amide bonds. The first-order valence-corrected chi connectivity index (χ1v) is 10.1. The Hall–Kier alpha value is -2.80. The molecule has 0 saturated carbocycles. The highest BCUT2D eigenvalue weighted by Crippen LogP contribution is 2.31. The van der Waals surface area contributed by atoms with E-state index in [0.717, 1.165) is 33.4 Å². The fraction of sp³-hybridized carbons (Fsp3) is 0.217. The molecular weight excluding hydrogens is 401 g/mol. The number of imidazole rings is 1. The van der Waals surface area contributed by atoms with Crippen LogP contribution in [0, 0.1) is 5.82 Å². The summed E-state index contributed by atoms with van der Waals surface area (Å²) in [6.07, 6.45) is 3.96. The van der Waals surface area contributed by atoms with E-state index in [2.05, 4.69) is 9.97 Å². The van der Waals surface area contributed by atoms with Crippen molar-refractivity contribution in [2.75, 3.05) is 6.54 Å². The van der Waals surface area contributed by atoms with Crippen molar-refractivity contribution in [2.24, 2.45) is 11.5 Å². The second-order valence-corrected chi connectivity index (χ2v) is 8.30. The molecule has 0 fully saturated rings. The lowest BCUT2D eigenvalue weighted by Gasteiger charge is -2.22. The topological polar surface area (TPSA) is 82.8 Å². The normalized spacial score (nSPS) is 13.5. The molecule has 1 unspecified atom stereocenters. The van der Waals surface area contributed by atoms with E-state index in [-0.39, 0.29) is 5.82 Å². The molecule has 4 rings (SSSR count). The zero-order chi connectivity index (χ0) is 21.3. The first-order chi connectivity index (χ1) is 14.3. The van der Waals surface area contributed by atoms with Gasteiger partial charge in [0.1, 0.15) is 5.82 Å². The monoisotopic (exact) mass is 423 g/mol. The summed E-state index contributed by atoms with van der Waals surface area (Å²) in [5, 5.41) is 0.556. The van der Waals surface area contributed by atoms with Gasteiger partial charge in [-0.3, -0.25) is 4.98 Å². The van der Waals surface area contributed by atoms with Crippen LogP contribution in [0.1, 0.15) is 18.2 Å². The first-order valence-electron chi connectivity index (χ1n) is 9.68. The van der Waals surface area contributed by atoms with Crippen molar-refractivity contribution in [2.45, 2.75) is 25.4 Å². The Balaban J connectivity index is 1.71. The van der Waals surface area contributed by atoms with Crippen LogP contribution >= 0.6 is 11.6 Å². The van der Waals surface area contributed by atoms with Crippen LogP contribution in [0.3, 0.4) is 0 Å². The summed E-state index contributed by atoms with van der Waals surface area (Å²) in [4.78, 5) is 8.88. The summed E-state index contributed by atoms with van der Waals surface area (Å²) >= 11 is 6.47. The van der Waals surface area contributed by atoms with Crippen molar-refractivity contribution in [1.82, 2.24) is 14.5 Å². The molecule has 0 radical (unpaired) electrons. The van der Waals surface area contributed by atoms with E-state index in [1.165, 1.54) is 12.1 Å². The molecule has 154 valence electrons. The standard InChI is InChI=1S/C23H23ClFN5/c1-23(27,13-26)10-18-9-19(20(24)11-28-18)16-5-6-21-22(8-16)30(14-29-21)12-15-3-2-4-17(25)7-15/h2-9,11,14H,10,12-13,26-27H2,1H3. The average Bonchev–Trinajstić information content (AvgIpc) is 3.11. The number of fused-ring (bicyclic) bond motifs is 1. The lowest BCUT2D eigenvalue weighted by Crippen LogP contribution is -2.46. The van der Waals surface area contributed by atoms with Gasteiger partial charge >= 0.3 is 0 Å². The van der Waals surface area contributed by atoms with Gasteiger partial charge in [-0.1, -0.05) is 29.8 Å². The highest BCUT2D eigenvalue weighted by molar-refractivity contribution is 6.33. The number of benzene rings is 2. The summed E-state index contributed by atoms with van der Waals surface area (Å²) in [5.74, 6) is -0.252. The molecule has 0 aliphatic carbocycles. The third kappa shape index (κ3) is 4.36. The second-order valence-electron chi connectivity index (χ2n) is 7.90. The van der Waals surface area contributed by atoms with E-state index in [1.54, 1.807) is 18.6 Å². The van der Waals surface area contributed by atoms with Crippen molar-refractivity contribution < 1.29 is 4.39 Å². The smallest absolute Gasteiger partial charge is 0.123 e. The molecule has 0 saturated heterocycles. The number of hydrogen-bond donors (Lipinski definition) is 2. The molecule has 0 spiro atoms. The lowest BCUT2D eigenvalue weighted by molar-refractivity contribution is 0.472. The summed E-state index contributed by atoms with van der Waals surface area (Å²) in [6, 6.07) is 14.5. The van der Waals surface area contributed by atoms with Gasteiger partial charge in [-0.2, -0.15) is 0 Å². The van der Waals surface area contributed by atoms with E-state index >= 15 is 0 Å². The van der Waals surface area contributed by atoms with E-state index < -0.39 is 5.54 Å². The molecule has 5 nitrogen and oxygen atoms in total. The highest BCUT2D eigenvalue weighted by Gasteiger charge is 2.19. The van der Waals surface area contributed by atoms with Crippen LogP contribution in [0.15, 0.2) is 61.1 Å². The summed E-state index contributed by atoms with van der Waals surface area (Å²) in [5.41, 5.74) is 16.7. The zero-order valence-corrected chi connectivity index (χ0v) is 17.4. The Kier molecular flexibility index (Phi) is 5.56. The predicted molar refractivity (Wildman–Crippen MR) is 119 cm³/mol. The third-order valence-corrected chi connectivity index (χ3v) is 5.44. The molecule has 2 aromatic carbocycles. The molecule has 0 bridgehead atoms. The minimum absolute atomic E-state index is 0.252. The van der Waals surface area contributed by atoms with Gasteiger partial charge in [-0.15, -0.1) is 0 Å². The minimum Gasteiger partial charge on any atom is -0.329 e. The maximum atomic E-state index is 13.6. The van der Waals surface area contributed by atoms with Gasteiger partial charge in [0.15, 0.2) is 0 Å². The molecular formula is C23H23ClFN5. The third-order valence-electron chi connectivity index (χ3n) is 5.14. The molecule has 4 N–H and O–H groups in total. The van der Waals surface area contributed by atoms with Gasteiger partial charge in [-0.05, 0) is 48.4 Å². The predicted octanol–water partition coefficient (Wildman–Crippen LogP) is 4.16. The van der Waals surface area contributed by atoms with Crippen molar-refractivity contribution in [3.63, 3.8) is 0 Å². The molecule has 2 aromatic heterocycles. The lowest BCUT2D eigenvalue weighted by atomic mass is 9.95. The quantitative estimate of drug-likeness (QED) is 0.488. The largest absolute Gasteiger partial charge is 0.329 e. The first kappa shape index (κ1) is 20.5. The number of hydrogen-bond acceptors (Lipinski definition) is 4. The van der Waals surface area contributed by atoms with Crippen LogP contribution in [-0.4, -0.2) is 26.6 Å². The Bertz CT molecular complexity index is 1200. The highest BCUT2D eigenvalue weighted by atomic mass is 35.5. The van der Waals surface area contributed by atoms with E-state index in [4.69, 9.17) is 23.1 Å². The summed E-state index contributed by atoms with van der Waals surface area (Å²) in [7, 11) is 0. The van der Waals surface area contributed by atoms with Crippen LogP contribution in [0.4, 0.5) is 4.39 Å². The van der Waals surface area contributed by atoms with Gasteiger partial charge in [0, 0.05) is 42.5 Å². The van der Waals surface area contributed by atoms with Gasteiger partial charge in [-0.25, -0.2) is 9.37 Å². The number of nitrogens with two attached hydrogens (primary N) is 2. The van der Waals surface area contributed by atoms with E-state index in [1.807, 2.05) is 41.8 Å². The maximum Gasteiger partial charge on any atom is 0.123 e. The molecule has 30 heavy (non-hydrogen) atoms. The molecule has 4 aromatic rings. The van der Waals surface area contributed by atoms with E-state index in [0.29, 0.717) is 24.5 Å². The Labute approximate surface area is 179 Å². The molecule has 0 aliphatic heterocycles. The molecule has 0 aliphatic rings. The van der Waals surface area contributed by atoms with Gasteiger partial charge in [0.05, 0.1) is 22.4 Å². The van der Waals surface area contributed by atoms with Crippen molar-refractivity contribution in [3.05, 3.63) is 83.2 Å². The Morgan fingerprint density at radius 3 is 2.73 bits per heavy atom. The van der Waals surface area contributed by atoms with Crippen LogP contribution in [0.25, 0.3) is 22.2 Å². The zero-order valence-electron chi connectivity index (χ0n) is 16.6. The number of halogens is 2. The average molecular weight is 424 g/mol. The Morgan fingerprint density at radius 1 is 1.13 bits per heavy atom. The maximum absolute atomic E-state index is 13.6. The van der Waals surface area contributed by atoms with Crippen LogP contribution in [0.2, 0.25) is 5.02 Å². The van der Waals surface area contributed by atoms with Gasteiger partial charge in [0.2, 0.25) is 0 Å². The number of pyridine rings is 1. The second kappa shape index (κ2) is 8.14. The summed E-state index contributed by atoms with van der Waals surface area (Å²) < 4.78 is 15.6. The number of rotatable bonds is 6. The van der Waals surface area contributed by atoms with Crippen molar-refractivity contribution in [3.8, 4) is 11.1 Å². The number of nitrogens with zero attached hydrogens (tertiary/aromatic N) is 3. The van der Waals surface area contributed by atoms with Gasteiger partial charge < -0.3 is 16.0 Å². The van der Waals surface area contributed by atoms with Crippen LogP contribution in [-0.2, 0) is 13.0 Å². The minimum atomic E-state index is -0.536. The fourth-order valence-corrected chi connectivity index (χ4v) is 3.68. The molecule has 7 heteroatoms. The molecule has 2 heterocycles. The van der Waals surface area contributed by atoms with Crippen molar-refractivity contribution >= 4 is 22.6 Å². The SMILES string of the molecule is CC(N)(CN)Cc1cc(-c2ccc3ncn(Cc4cccc(F)c4)c3c2)c(Cl)cn1. The fourth-order valence-electron chi connectivity index (χ4n) is 3.47. The van der Waals surface area contributed by atoms with Crippen LogP contribution in [0.5, 0.6) is 0 Å². The number of aromatic nitrogens is 3. The van der Waals surface area contributed by atoms with Gasteiger partial charge in [0.25, 0.3) is 0 Å². The summed E-state index contributed by atoms with van der Waals surface area (Å²) in [6.45, 7) is 2.78.